The Kier molecular flexibility index (Phi) is 7.47. The lowest BCUT2D eigenvalue weighted by Crippen LogP contribution is -2.55. The Morgan fingerprint density at radius 1 is 1.14 bits per heavy atom. The van der Waals surface area contributed by atoms with Crippen LogP contribution in [0.2, 0.25) is 0 Å². The SMILES string of the molecule is CN(C(=O)N1CC(c2cc(F)ccc2F)=CC1(CO)c1ccccc1)C1CCN(CC(F)F)CC1. The molecular weight excluding hydrogens is 462 g/mol. The van der Waals surface area contributed by atoms with Gasteiger partial charge in [-0.05, 0) is 48.3 Å². The maximum Gasteiger partial charge on any atom is 0.321 e. The van der Waals surface area contributed by atoms with Gasteiger partial charge in [0, 0.05) is 38.3 Å². The van der Waals surface area contributed by atoms with Crippen molar-refractivity contribution in [2.75, 3.05) is 39.8 Å². The summed E-state index contributed by atoms with van der Waals surface area (Å²) in [5.74, 6) is -1.22. The number of piperidine rings is 1. The van der Waals surface area contributed by atoms with E-state index in [1.54, 1.807) is 47.2 Å². The number of likely N-dealkylation sites (tertiary alicyclic amines) is 1. The summed E-state index contributed by atoms with van der Waals surface area (Å²) in [5, 5.41) is 10.6. The van der Waals surface area contributed by atoms with E-state index in [9.17, 15) is 27.5 Å². The summed E-state index contributed by atoms with van der Waals surface area (Å²) in [4.78, 5) is 18.5. The largest absolute Gasteiger partial charge is 0.393 e. The van der Waals surface area contributed by atoms with Gasteiger partial charge in [-0.2, -0.15) is 0 Å². The molecule has 2 aromatic rings. The molecule has 4 rings (SSSR count). The number of carbonyl (C=O) groups is 1. The average Bonchev–Trinajstić information content (AvgIpc) is 3.26. The van der Waals surface area contributed by atoms with Crippen LogP contribution in [-0.4, -0.2) is 78.1 Å². The summed E-state index contributed by atoms with van der Waals surface area (Å²) in [5.41, 5.74) is -0.190. The quantitative estimate of drug-likeness (QED) is 0.612. The Morgan fingerprint density at radius 3 is 2.46 bits per heavy atom. The van der Waals surface area contributed by atoms with Crippen LogP contribution >= 0.6 is 0 Å². The number of alkyl halides is 2. The number of urea groups is 1. The van der Waals surface area contributed by atoms with Crippen LogP contribution in [0.3, 0.4) is 0 Å². The van der Waals surface area contributed by atoms with Crippen LogP contribution in [-0.2, 0) is 5.54 Å². The number of hydrogen-bond donors (Lipinski definition) is 1. The van der Waals surface area contributed by atoms with Crippen molar-refractivity contribution in [2.24, 2.45) is 0 Å². The molecule has 0 bridgehead atoms. The van der Waals surface area contributed by atoms with E-state index in [1.165, 1.54) is 4.90 Å². The first-order valence-corrected chi connectivity index (χ1v) is 11.6. The first kappa shape index (κ1) is 25.2. The molecule has 188 valence electrons. The van der Waals surface area contributed by atoms with Crippen molar-refractivity contribution in [3.63, 3.8) is 0 Å². The van der Waals surface area contributed by atoms with Crippen LogP contribution in [0.1, 0.15) is 24.0 Å². The van der Waals surface area contributed by atoms with Crippen molar-refractivity contribution >= 4 is 11.6 Å². The molecule has 2 amide bonds. The van der Waals surface area contributed by atoms with E-state index in [-0.39, 0.29) is 30.7 Å². The van der Waals surface area contributed by atoms with Gasteiger partial charge in [0.1, 0.15) is 17.2 Å². The third-order valence-electron chi connectivity index (χ3n) is 7.05. The zero-order valence-electron chi connectivity index (χ0n) is 19.5. The first-order valence-electron chi connectivity index (χ1n) is 11.6. The van der Waals surface area contributed by atoms with Crippen molar-refractivity contribution in [1.82, 2.24) is 14.7 Å². The average molecular weight is 492 g/mol. The number of halogens is 4. The van der Waals surface area contributed by atoms with Crippen LogP contribution in [0.25, 0.3) is 5.57 Å². The minimum Gasteiger partial charge on any atom is -0.393 e. The molecule has 2 heterocycles. The number of amides is 2. The standard InChI is InChI=1S/C26H29F4N3O2/c1-31(21-9-11-32(12-10-21)16-24(29)30)25(35)33-15-18(22-13-20(27)7-8-23(22)28)14-26(33,17-34)19-5-3-2-4-6-19/h2-8,13-14,21,24,34H,9-12,15-17H2,1H3. The van der Waals surface area contributed by atoms with Gasteiger partial charge < -0.3 is 14.9 Å². The molecule has 0 saturated carbocycles. The Morgan fingerprint density at radius 2 is 1.83 bits per heavy atom. The zero-order chi connectivity index (χ0) is 25.2. The highest BCUT2D eigenvalue weighted by atomic mass is 19.3. The van der Waals surface area contributed by atoms with Crippen LogP contribution in [0.4, 0.5) is 22.4 Å². The van der Waals surface area contributed by atoms with E-state index in [2.05, 4.69) is 0 Å². The van der Waals surface area contributed by atoms with Gasteiger partial charge >= 0.3 is 6.03 Å². The molecule has 1 fully saturated rings. The van der Waals surface area contributed by atoms with Crippen molar-refractivity contribution in [3.05, 3.63) is 77.4 Å². The molecule has 0 radical (unpaired) electrons. The van der Waals surface area contributed by atoms with Gasteiger partial charge in [-0.15, -0.1) is 0 Å². The van der Waals surface area contributed by atoms with Crippen molar-refractivity contribution < 1.29 is 27.5 Å². The molecule has 0 spiro atoms. The summed E-state index contributed by atoms with van der Waals surface area (Å²) in [7, 11) is 1.66. The monoisotopic (exact) mass is 491 g/mol. The third kappa shape index (κ3) is 5.06. The molecule has 1 atom stereocenters. The molecule has 9 heteroatoms. The molecule has 1 N–H and O–H groups in total. The van der Waals surface area contributed by atoms with E-state index >= 15 is 0 Å². The Labute approximate surface area is 202 Å². The molecule has 2 aliphatic heterocycles. The van der Waals surface area contributed by atoms with Crippen molar-refractivity contribution in [2.45, 2.75) is 30.8 Å². The Balaban J connectivity index is 1.64. The molecular formula is C26H29F4N3O2. The molecule has 0 aromatic heterocycles. The fourth-order valence-electron chi connectivity index (χ4n) is 5.09. The second-order valence-electron chi connectivity index (χ2n) is 9.14. The summed E-state index contributed by atoms with van der Waals surface area (Å²) < 4.78 is 54.1. The summed E-state index contributed by atoms with van der Waals surface area (Å²) >= 11 is 0. The lowest BCUT2D eigenvalue weighted by molar-refractivity contribution is 0.0493. The number of aliphatic hydroxyl groups is 1. The number of carbonyl (C=O) groups excluding carboxylic acids is 1. The highest BCUT2D eigenvalue weighted by Gasteiger charge is 2.46. The number of hydrogen-bond acceptors (Lipinski definition) is 3. The fourth-order valence-corrected chi connectivity index (χ4v) is 5.09. The van der Waals surface area contributed by atoms with E-state index in [1.807, 2.05) is 6.07 Å². The second kappa shape index (κ2) is 10.4. The molecule has 0 aliphatic carbocycles. The number of benzene rings is 2. The lowest BCUT2D eigenvalue weighted by atomic mass is 9.89. The minimum atomic E-state index is -2.40. The van der Waals surface area contributed by atoms with E-state index in [4.69, 9.17) is 0 Å². The molecule has 5 nitrogen and oxygen atoms in total. The topological polar surface area (TPSA) is 47.0 Å². The van der Waals surface area contributed by atoms with E-state index in [0.717, 1.165) is 18.2 Å². The van der Waals surface area contributed by atoms with Gasteiger partial charge in [-0.1, -0.05) is 30.3 Å². The number of aliphatic hydroxyl groups excluding tert-OH is 1. The molecule has 2 aliphatic rings. The van der Waals surface area contributed by atoms with Gasteiger partial charge in [0.25, 0.3) is 6.43 Å². The van der Waals surface area contributed by atoms with Gasteiger partial charge in [0.2, 0.25) is 0 Å². The maximum atomic E-state index is 14.6. The van der Waals surface area contributed by atoms with Crippen LogP contribution in [0, 0.1) is 11.6 Å². The van der Waals surface area contributed by atoms with Crippen LogP contribution in [0.15, 0.2) is 54.6 Å². The Bertz CT molecular complexity index is 1070. The first-order chi connectivity index (χ1) is 16.7. The highest BCUT2D eigenvalue weighted by molar-refractivity contribution is 5.83. The van der Waals surface area contributed by atoms with Gasteiger partial charge in [-0.3, -0.25) is 4.90 Å². The normalized spacial score (nSPS) is 21.5. The molecule has 1 saturated heterocycles. The number of nitrogens with zero attached hydrogens (tertiary/aromatic N) is 3. The predicted octanol–water partition coefficient (Wildman–Crippen LogP) is 4.33. The van der Waals surface area contributed by atoms with Gasteiger partial charge in [0.05, 0.1) is 13.2 Å². The van der Waals surface area contributed by atoms with E-state index in [0.29, 0.717) is 37.1 Å². The summed E-state index contributed by atoms with van der Waals surface area (Å²) in [6, 6.07) is 11.5. The smallest absolute Gasteiger partial charge is 0.321 e. The zero-order valence-corrected chi connectivity index (χ0v) is 19.5. The molecule has 1 unspecified atom stereocenters. The third-order valence-corrected chi connectivity index (χ3v) is 7.05. The summed E-state index contributed by atoms with van der Waals surface area (Å²) in [6.07, 6.45) is 0.314. The number of rotatable bonds is 6. The second-order valence-corrected chi connectivity index (χ2v) is 9.14. The minimum absolute atomic E-state index is 0.0246. The Hall–Kier alpha value is -2.91. The van der Waals surface area contributed by atoms with Gasteiger partial charge in [0.15, 0.2) is 0 Å². The molecule has 2 aromatic carbocycles. The fraction of sp³-hybridized carbons (Fsp3) is 0.423. The highest BCUT2D eigenvalue weighted by Crippen LogP contribution is 2.41. The lowest BCUT2D eigenvalue weighted by Gasteiger charge is -2.42. The van der Waals surface area contributed by atoms with Crippen molar-refractivity contribution in [3.8, 4) is 0 Å². The maximum absolute atomic E-state index is 14.6. The predicted molar refractivity (Wildman–Crippen MR) is 125 cm³/mol. The van der Waals surface area contributed by atoms with Crippen LogP contribution in [0.5, 0.6) is 0 Å². The summed E-state index contributed by atoms with van der Waals surface area (Å²) in [6.45, 7) is 0.140. The van der Waals surface area contributed by atoms with Gasteiger partial charge in [-0.25, -0.2) is 22.4 Å². The van der Waals surface area contributed by atoms with E-state index < -0.39 is 30.2 Å². The molecule has 35 heavy (non-hydrogen) atoms. The van der Waals surface area contributed by atoms with Crippen molar-refractivity contribution in [1.29, 1.82) is 0 Å². The van der Waals surface area contributed by atoms with Crippen LogP contribution < -0.4 is 0 Å².